The van der Waals surface area contributed by atoms with Gasteiger partial charge in [-0.3, -0.25) is 4.79 Å². The Kier molecular flexibility index (Phi) is 7.57. The Balaban J connectivity index is 1.32. The fourth-order valence-corrected chi connectivity index (χ4v) is 6.08. The van der Waals surface area contributed by atoms with Gasteiger partial charge >= 0.3 is 6.09 Å². The van der Waals surface area contributed by atoms with E-state index in [1.807, 2.05) is 0 Å². The number of hydrogen-bond donors (Lipinski definition) is 3. The molecule has 9 heteroatoms. The van der Waals surface area contributed by atoms with E-state index in [2.05, 4.69) is 37.5 Å². The summed E-state index contributed by atoms with van der Waals surface area (Å²) in [6.07, 6.45) is 6.88. The Hall–Kier alpha value is -1.68. The fourth-order valence-electron chi connectivity index (χ4n) is 6.08. The minimum atomic E-state index is -0.407. The van der Waals surface area contributed by atoms with Crippen LogP contribution < -0.4 is 16.4 Å². The third kappa shape index (κ3) is 5.42. The number of nitrogens with two attached hydrogens (primary N) is 1. The summed E-state index contributed by atoms with van der Waals surface area (Å²) in [5, 5.41) is 5.95. The number of nitrogens with one attached hydrogen (secondary N) is 2. The van der Waals surface area contributed by atoms with E-state index in [0.29, 0.717) is 13.0 Å². The van der Waals surface area contributed by atoms with E-state index in [9.17, 15) is 9.59 Å². The second-order valence-electron chi connectivity index (χ2n) is 10.8. The van der Waals surface area contributed by atoms with Gasteiger partial charge in [-0.1, -0.05) is 11.6 Å². The van der Waals surface area contributed by atoms with E-state index in [0.717, 1.165) is 38.5 Å². The van der Waals surface area contributed by atoms with Crippen LogP contribution in [-0.4, -0.2) is 73.9 Å². The van der Waals surface area contributed by atoms with Crippen molar-refractivity contribution in [3.05, 3.63) is 11.6 Å². The smallest absolute Gasteiger partial charge is 0.407 e. The average Bonchev–Trinajstić information content (AvgIpc) is 3.72. The number of carbonyl (C=O) groups excluding carboxylic acids is 2. The first kappa shape index (κ1) is 25.4. The van der Waals surface area contributed by atoms with E-state index >= 15 is 0 Å². The van der Waals surface area contributed by atoms with Crippen LogP contribution in [0.4, 0.5) is 4.79 Å². The number of allylic oxidation sites excluding steroid dienone is 1. The van der Waals surface area contributed by atoms with E-state index in [1.54, 1.807) is 7.11 Å². The lowest BCUT2D eigenvalue weighted by molar-refractivity contribution is -0.120. The minimum absolute atomic E-state index is 0.000341. The van der Waals surface area contributed by atoms with Crippen LogP contribution in [0.5, 0.6) is 0 Å². The predicted octanol–water partition coefficient (Wildman–Crippen LogP) is 2.18. The summed E-state index contributed by atoms with van der Waals surface area (Å²) >= 11 is 0. The predicted molar refractivity (Wildman–Crippen MR) is 126 cm³/mol. The maximum atomic E-state index is 12.8. The molecule has 4 N–H and O–H groups in total. The van der Waals surface area contributed by atoms with E-state index in [4.69, 9.17) is 24.7 Å². The van der Waals surface area contributed by atoms with Crippen LogP contribution in [0, 0.1) is 5.92 Å². The molecule has 2 aliphatic carbocycles. The summed E-state index contributed by atoms with van der Waals surface area (Å²) in [6, 6.07) is 0.158. The minimum Gasteiger partial charge on any atom is -0.443 e. The number of hydrogen-bond acceptors (Lipinski definition) is 7. The quantitative estimate of drug-likeness (QED) is 0.360. The number of carbonyl (C=O) groups is 2. The highest BCUT2D eigenvalue weighted by atomic mass is 16.6. The summed E-state index contributed by atoms with van der Waals surface area (Å²) in [5.74, 6) is -0.129. The molecule has 2 amide bonds. The first-order valence-electron chi connectivity index (χ1n) is 12.7. The Bertz CT molecular complexity index is 788. The molecule has 0 radical (unpaired) electrons. The molecule has 0 aromatic heterocycles. The molecule has 0 bridgehead atoms. The summed E-state index contributed by atoms with van der Waals surface area (Å²) in [4.78, 5) is 24.3. The molecular weight excluding hydrogens is 438 g/mol. The van der Waals surface area contributed by atoms with Crippen molar-refractivity contribution in [2.45, 2.75) is 107 Å². The lowest BCUT2D eigenvalue weighted by Gasteiger charge is -2.42. The van der Waals surface area contributed by atoms with Gasteiger partial charge in [0.1, 0.15) is 23.4 Å². The standard InChI is InChI=1S/C25H41N3O6/c1-15(2)5-10-19-24(3,34-19)22-21(31-4)18(11-12-25(22)14-32-25)33-23(30)28-17-8-6-16(7-9-17)27-20(29)13-26/h5,16-19,21-22H,6-14,26H2,1-4H3,(H,27,29)(H,28,30)/t16-,17-,18?,19-,21?,22?,24-,25+/m1/s1. The molecule has 2 heterocycles. The Labute approximate surface area is 202 Å². The van der Waals surface area contributed by atoms with Crippen molar-refractivity contribution in [1.29, 1.82) is 0 Å². The first-order chi connectivity index (χ1) is 16.2. The zero-order valence-corrected chi connectivity index (χ0v) is 20.9. The zero-order valence-electron chi connectivity index (χ0n) is 20.9. The Morgan fingerprint density at radius 1 is 1.12 bits per heavy atom. The number of epoxide rings is 2. The molecule has 2 aliphatic heterocycles. The van der Waals surface area contributed by atoms with Crippen LogP contribution in [0.2, 0.25) is 0 Å². The number of amides is 2. The molecule has 2 saturated carbocycles. The Morgan fingerprint density at radius 3 is 2.32 bits per heavy atom. The molecule has 34 heavy (non-hydrogen) atoms. The largest absolute Gasteiger partial charge is 0.443 e. The lowest BCUT2D eigenvalue weighted by atomic mass is 9.68. The van der Waals surface area contributed by atoms with E-state index < -0.39 is 6.09 Å². The maximum Gasteiger partial charge on any atom is 0.407 e. The molecule has 1 spiro atoms. The summed E-state index contributed by atoms with van der Waals surface area (Å²) in [6.45, 7) is 7.03. The maximum absolute atomic E-state index is 12.8. The zero-order chi connectivity index (χ0) is 24.5. The van der Waals surface area contributed by atoms with Crippen molar-refractivity contribution >= 4 is 12.0 Å². The molecule has 2 saturated heterocycles. The van der Waals surface area contributed by atoms with Gasteiger partial charge in [0.25, 0.3) is 0 Å². The number of rotatable bonds is 8. The molecule has 0 aromatic rings. The van der Waals surface area contributed by atoms with Gasteiger partial charge in [-0.05, 0) is 65.7 Å². The van der Waals surface area contributed by atoms with Crippen molar-refractivity contribution in [2.24, 2.45) is 11.7 Å². The second kappa shape index (κ2) is 10.1. The van der Waals surface area contributed by atoms with Crippen molar-refractivity contribution in [1.82, 2.24) is 10.6 Å². The van der Waals surface area contributed by atoms with Crippen molar-refractivity contribution in [3.63, 3.8) is 0 Å². The summed E-state index contributed by atoms with van der Waals surface area (Å²) in [7, 11) is 1.68. The first-order valence-corrected chi connectivity index (χ1v) is 12.7. The van der Waals surface area contributed by atoms with Crippen LogP contribution in [0.15, 0.2) is 11.6 Å². The topological polar surface area (TPSA) is 128 Å². The van der Waals surface area contributed by atoms with Gasteiger partial charge in [0.15, 0.2) is 0 Å². The molecule has 6 atom stereocenters. The molecule has 0 aromatic carbocycles. The third-order valence-electron chi connectivity index (χ3n) is 8.10. The van der Waals surface area contributed by atoms with Crippen molar-refractivity contribution in [3.8, 4) is 0 Å². The van der Waals surface area contributed by atoms with Gasteiger partial charge in [0.05, 0.1) is 25.2 Å². The second-order valence-corrected chi connectivity index (χ2v) is 10.8. The van der Waals surface area contributed by atoms with Crippen molar-refractivity contribution < 1.29 is 28.5 Å². The van der Waals surface area contributed by atoms with Crippen LogP contribution in [0.1, 0.15) is 65.7 Å². The normalized spacial score (nSPS) is 40.9. The number of methoxy groups -OCH3 is 1. The SMILES string of the molecule is COC1C(OC(=O)N[C@H]2CC[C@H](NC(=O)CN)CC2)CC[C@]2(CO2)C1[C@]1(C)O[C@@H]1CC=C(C)C. The number of alkyl carbamates (subject to hydrolysis) is 1. The third-order valence-corrected chi connectivity index (χ3v) is 8.10. The molecule has 3 unspecified atom stereocenters. The highest BCUT2D eigenvalue weighted by molar-refractivity contribution is 5.78. The highest BCUT2D eigenvalue weighted by Crippen LogP contribution is 2.59. The molecule has 4 rings (SSSR count). The van der Waals surface area contributed by atoms with E-state index in [1.165, 1.54) is 5.57 Å². The average molecular weight is 480 g/mol. The van der Waals surface area contributed by atoms with Gasteiger partial charge in [-0.2, -0.15) is 0 Å². The van der Waals surface area contributed by atoms with Gasteiger partial charge in [-0.15, -0.1) is 0 Å². The van der Waals surface area contributed by atoms with Gasteiger partial charge < -0.3 is 35.3 Å². The van der Waals surface area contributed by atoms with E-state index in [-0.39, 0.29) is 60.0 Å². The van der Waals surface area contributed by atoms with Crippen LogP contribution in [0.3, 0.4) is 0 Å². The van der Waals surface area contributed by atoms with Crippen molar-refractivity contribution in [2.75, 3.05) is 20.3 Å². The highest BCUT2D eigenvalue weighted by Gasteiger charge is 2.72. The number of ether oxygens (including phenoxy) is 4. The molecule has 4 aliphatic rings. The fraction of sp³-hybridized carbons (Fsp3) is 0.840. The van der Waals surface area contributed by atoms with Gasteiger partial charge in [0.2, 0.25) is 5.91 Å². The molecule has 192 valence electrons. The lowest BCUT2D eigenvalue weighted by Crippen LogP contribution is -2.56. The molecule has 4 fully saturated rings. The summed E-state index contributed by atoms with van der Waals surface area (Å²) in [5.41, 5.74) is 6.06. The summed E-state index contributed by atoms with van der Waals surface area (Å²) < 4.78 is 24.1. The molecule has 9 nitrogen and oxygen atoms in total. The Morgan fingerprint density at radius 2 is 1.76 bits per heavy atom. The van der Waals surface area contributed by atoms with Crippen LogP contribution >= 0.6 is 0 Å². The molecular formula is C25H41N3O6. The van der Waals surface area contributed by atoms with Gasteiger partial charge in [0, 0.05) is 19.2 Å². The monoisotopic (exact) mass is 479 g/mol. The van der Waals surface area contributed by atoms with Crippen LogP contribution in [-0.2, 0) is 23.7 Å². The van der Waals surface area contributed by atoms with Crippen LogP contribution in [0.25, 0.3) is 0 Å². The van der Waals surface area contributed by atoms with Gasteiger partial charge in [-0.25, -0.2) is 4.79 Å².